The molecule has 4 heteroatoms. The van der Waals surface area contributed by atoms with Crippen LogP contribution in [-0.4, -0.2) is 29.6 Å². The largest absolute Gasteiger partial charge is 0.481 e. The Kier molecular flexibility index (Phi) is 3.66. The second-order valence-electron chi connectivity index (χ2n) is 5.24. The van der Waals surface area contributed by atoms with Crippen LogP contribution >= 0.6 is 0 Å². The number of aliphatic carboxylic acids is 1. The van der Waals surface area contributed by atoms with Crippen molar-refractivity contribution in [3.05, 3.63) is 35.6 Å². The SMILES string of the molecule is CN(Cc1ccc(F)cc1)CC1(C(=O)O)CCC1. The Hall–Kier alpha value is -1.42. The van der Waals surface area contributed by atoms with Crippen LogP contribution in [0.25, 0.3) is 0 Å². The second kappa shape index (κ2) is 5.06. The summed E-state index contributed by atoms with van der Waals surface area (Å²) in [6, 6.07) is 6.33. The van der Waals surface area contributed by atoms with Crippen molar-refractivity contribution in [2.45, 2.75) is 25.8 Å². The molecule has 0 heterocycles. The van der Waals surface area contributed by atoms with Crippen molar-refractivity contribution in [1.29, 1.82) is 0 Å². The summed E-state index contributed by atoms with van der Waals surface area (Å²) in [6.07, 6.45) is 2.52. The lowest BCUT2D eigenvalue weighted by atomic mass is 9.68. The van der Waals surface area contributed by atoms with Crippen LogP contribution in [-0.2, 0) is 11.3 Å². The molecule has 1 aliphatic rings. The molecule has 0 aromatic heterocycles. The third-order valence-electron chi connectivity index (χ3n) is 3.70. The topological polar surface area (TPSA) is 40.5 Å². The number of benzene rings is 1. The van der Waals surface area contributed by atoms with Crippen LogP contribution < -0.4 is 0 Å². The Balaban J connectivity index is 1.94. The number of nitrogens with zero attached hydrogens (tertiary/aromatic N) is 1. The van der Waals surface area contributed by atoms with Gasteiger partial charge in [-0.2, -0.15) is 0 Å². The highest BCUT2D eigenvalue weighted by Gasteiger charge is 2.44. The van der Waals surface area contributed by atoms with E-state index in [2.05, 4.69) is 0 Å². The highest BCUT2D eigenvalue weighted by molar-refractivity contribution is 5.76. The summed E-state index contributed by atoms with van der Waals surface area (Å²) >= 11 is 0. The van der Waals surface area contributed by atoms with E-state index in [0.717, 1.165) is 24.8 Å². The van der Waals surface area contributed by atoms with Crippen LogP contribution in [0.4, 0.5) is 4.39 Å². The van der Waals surface area contributed by atoms with Gasteiger partial charge in [-0.05, 0) is 37.6 Å². The van der Waals surface area contributed by atoms with Gasteiger partial charge in [0, 0.05) is 13.1 Å². The molecule has 0 amide bonds. The third-order valence-corrected chi connectivity index (χ3v) is 3.70. The standard InChI is InChI=1S/C14H18FNO2/c1-16(9-11-3-5-12(15)6-4-11)10-14(13(17)18)7-2-8-14/h3-6H,2,7-10H2,1H3,(H,17,18). The Labute approximate surface area is 106 Å². The van der Waals surface area contributed by atoms with Gasteiger partial charge in [0.15, 0.2) is 0 Å². The maximum atomic E-state index is 12.8. The Morgan fingerprint density at radius 3 is 2.44 bits per heavy atom. The van der Waals surface area contributed by atoms with Gasteiger partial charge in [0.25, 0.3) is 0 Å². The quantitative estimate of drug-likeness (QED) is 0.874. The van der Waals surface area contributed by atoms with E-state index in [-0.39, 0.29) is 5.82 Å². The zero-order chi connectivity index (χ0) is 13.2. The van der Waals surface area contributed by atoms with Gasteiger partial charge in [0.1, 0.15) is 5.82 Å². The van der Waals surface area contributed by atoms with Gasteiger partial charge in [-0.25, -0.2) is 4.39 Å². The van der Waals surface area contributed by atoms with Gasteiger partial charge in [-0.1, -0.05) is 18.6 Å². The first-order chi connectivity index (χ1) is 8.52. The Morgan fingerprint density at radius 1 is 1.39 bits per heavy atom. The molecule has 1 fully saturated rings. The van der Waals surface area contributed by atoms with Crippen LogP contribution in [0.2, 0.25) is 0 Å². The maximum absolute atomic E-state index is 12.8. The van der Waals surface area contributed by atoms with Gasteiger partial charge in [0.2, 0.25) is 0 Å². The number of carbonyl (C=O) groups is 1. The van der Waals surface area contributed by atoms with E-state index in [4.69, 9.17) is 0 Å². The number of halogens is 1. The molecule has 0 radical (unpaired) electrons. The molecule has 1 aliphatic carbocycles. The van der Waals surface area contributed by atoms with Gasteiger partial charge in [-0.3, -0.25) is 4.79 Å². The first-order valence-corrected chi connectivity index (χ1v) is 6.18. The van der Waals surface area contributed by atoms with E-state index in [1.807, 2.05) is 11.9 Å². The predicted octanol–water partition coefficient (Wildman–Crippen LogP) is 2.51. The zero-order valence-electron chi connectivity index (χ0n) is 10.5. The molecule has 18 heavy (non-hydrogen) atoms. The summed E-state index contributed by atoms with van der Waals surface area (Å²) in [4.78, 5) is 13.3. The minimum absolute atomic E-state index is 0.248. The summed E-state index contributed by atoms with van der Waals surface area (Å²) in [5.74, 6) is -0.942. The summed E-state index contributed by atoms with van der Waals surface area (Å²) in [6.45, 7) is 1.20. The van der Waals surface area contributed by atoms with Crippen LogP contribution in [0, 0.1) is 11.2 Å². The summed E-state index contributed by atoms with van der Waals surface area (Å²) in [7, 11) is 1.91. The van der Waals surface area contributed by atoms with E-state index >= 15 is 0 Å². The Morgan fingerprint density at radius 2 is 2.00 bits per heavy atom. The van der Waals surface area contributed by atoms with Crippen LogP contribution in [0.15, 0.2) is 24.3 Å². The number of carboxylic acids is 1. The van der Waals surface area contributed by atoms with Crippen LogP contribution in [0.5, 0.6) is 0 Å². The second-order valence-corrected chi connectivity index (χ2v) is 5.24. The number of hydrogen-bond acceptors (Lipinski definition) is 2. The van der Waals surface area contributed by atoms with Crippen molar-refractivity contribution in [2.75, 3.05) is 13.6 Å². The fourth-order valence-corrected chi connectivity index (χ4v) is 2.52. The lowest BCUT2D eigenvalue weighted by molar-refractivity contribution is -0.156. The van der Waals surface area contributed by atoms with E-state index in [0.29, 0.717) is 13.1 Å². The van der Waals surface area contributed by atoms with Gasteiger partial charge >= 0.3 is 5.97 Å². The molecule has 2 rings (SSSR count). The fraction of sp³-hybridized carbons (Fsp3) is 0.500. The molecule has 1 saturated carbocycles. The van der Waals surface area contributed by atoms with E-state index in [9.17, 15) is 14.3 Å². The minimum Gasteiger partial charge on any atom is -0.481 e. The molecule has 3 nitrogen and oxygen atoms in total. The lowest BCUT2D eigenvalue weighted by Crippen LogP contribution is -2.46. The summed E-state index contributed by atoms with van der Waals surface area (Å²) < 4.78 is 12.8. The average molecular weight is 251 g/mol. The highest BCUT2D eigenvalue weighted by atomic mass is 19.1. The van der Waals surface area contributed by atoms with E-state index < -0.39 is 11.4 Å². The number of rotatable bonds is 5. The monoisotopic (exact) mass is 251 g/mol. The lowest BCUT2D eigenvalue weighted by Gasteiger charge is -2.40. The van der Waals surface area contributed by atoms with Crippen molar-refractivity contribution < 1.29 is 14.3 Å². The zero-order valence-corrected chi connectivity index (χ0v) is 10.5. The number of carboxylic acid groups (broad SMARTS) is 1. The molecule has 1 aromatic rings. The van der Waals surface area contributed by atoms with E-state index in [1.54, 1.807) is 12.1 Å². The van der Waals surface area contributed by atoms with Crippen molar-refractivity contribution >= 4 is 5.97 Å². The molecule has 0 spiro atoms. The van der Waals surface area contributed by atoms with Crippen LogP contribution in [0.1, 0.15) is 24.8 Å². The molecule has 1 aromatic carbocycles. The molecule has 98 valence electrons. The summed E-state index contributed by atoms with van der Waals surface area (Å²) in [5, 5.41) is 9.26. The van der Waals surface area contributed by atoms with Crippen molar-refractivity contribution in [1.82, 2.24) is 4.90 Å². The van der Waals surface area contributed by atoms with Gasteiger partial charge in [-0.15, -0.1) is 0 Å². The average Bonchev–Trinajstić information content (AvgIpc) is 2.26. The maximum Gasteiger partial charge on any atom is 0.310 e. The minimum atomic E-state index is -0.695. The first kappa shape index (κ1) is 13.0. The van der Waals surface area contributed by atoms with E-state index in [1.165, 1.54) is 12.1 Å². The smallest absolute Gasteiger partial charge is 0.310 e. The molecule has 0 aliphatic heterocycles. The van der Waals surface area contributed by atoms with Crippen molar-refractivity contribution in [2.24, 2.45) is 5.41 Å². The molecule has 0 bridgehead atoms. The predicted molar refractivity (Wildman–Crippen MR) is 66.7 cm³/mol. The van der Waals surface area contributed by atoms with Crippen molar-refractivity contribution in [3.8, 4) is 0 Å². The molecule has 0 unspecified atom stereocenters. The third kappa shape index (κ3) is 2.70. The van der Waals surface area contributed by atoms with Gasteiger partial charge < -0.3 is 10.0 Å². The van der Waals surface area contributed by atoms with Crippen molar-refractivity contribution in [3.63, 3.8) is 0 Å². The Bertz CT molecular complexity index is 426. The molecular weight excluding hydrogens is 233 g/mol. The number of hydrogen-bond donors (Lipinski definition) is 1. The normalized spacial score (nSPS) is 17.5. The molecular formula is C14H18FNO2. The molecule has 0 atom stereocenters. The fourth-order valence-electron chi connectivity index (χ4n) is 2.52. The molecule has 1 N–H and O–H groups in total. The first-order valence-electron chi connectivity index (χ1n) is 6.18. The van der Waals surface area contributed by atoms with Gasteiger partial charge in [0.05, 0.1) is 5.41 Å². The highest BCUT2D eigenvalue weighted by Crippen LogP contribution is 2.41. The summed E-state index contributed by atoms with van der Waals surface area (Å²) in [5.41, 5.74) is 0.438. The molecule has 0 saturated heterocycles. The van der Waals surface area contributed by atoms with Crippen LogP contribution in [0.3, 0.4) is 0 Å².